The summed E-state index contributed by atoms with van der Waals surface area (Å²) in [5, 5.41) is 2.76. The molecule has 0 fully saturated rings. The lowest BCUT2D eigenvalue weighted by Gasteiger charge is -2.15. The Bertz CT molecular complexity index is 702. The van der Waals surface area contributed by atoms with Gasteiger partial charge < -0.3 is 11.1 Å². The Balaban J connectivity index is 1.99. The fourth-order valence-electron chi connectivity index (χ4n) is 2.38. The van der Waals surface area contributed by atoms with Gasteiger partial charge in [-0.3, -0.25) is 4.79 Å². The second-order valence-electron chi connectivity index (χ2n) is 4.76. The van der Waals surface area contributed by atoms with E-state index in [0.717, 1.165) is 16.8 Å². The van der Waals surface area contributed by atoms with Crippen LogP contribution in [0.5, 0.6) is 0 Å². The SMILES string of the molecule is NC(c1ccc2c(c1)CC(=O)N2)c1cccc(Br)c1F. The van der Waals surface area contributed by atoms with Crippen LogP contribution in [0.3, 0.4) is 0 Å². The molecule has 1 aliphatic heterocycles. The van der Waals surface area contributed by atoms with Crippen LogP contribution in [0.15, 0.2) is 40.9 Å². The van der Waals surface area contributed by atoms with Crippen LogP contribution in [0.2, 0.25) is 0 Å². The van der Waals surface area contributed by atoms with Crippen LogP contribution in [-0.2, 0) is 11.2 Å². The summed E-state index contributed by atoms with van der Waals surface area (Å²) in [5.41, 5.74) is 9.07. The van der Waals surface area contributed by atoms with E-state index in [0.29, 0.717) is 16.5 Å². The van der Waals surface area contributed by atoms with Crippen molar-refractivity contribution in [1.29, 1.82) is 0 Å². The molecule has 3 rings (SSSR count). The fourth-order valence-corrected chi connectivity index (χ4v) is 2.76. The topological polar surface area (TPSA) is 55.1 Å². The summed E-state index contributed by atoms with van der Waals surface area (Å²) in [4.78, 5) is 11.3. The molecule has 0 aliphatic carbocycles. The van der Waals surface area contributed by atoms with Crippen LogP contribution in [-0.4, -0.2) is 5.91 Å². The van der Waals surface area contributed by atoms with Gasteiger partial charge in [0.2, 0.25) is 5.91 Å². The van der Waals surface area contributed by atoms with Gasteiger partial charge in [-0.2, -0.15) is 0 Å². The lowest BCUT2D eigenvalue weighted by atomic mass is 9.97. The Kier molecular flexibility index (Phi) is 3.31. The van der Waals surface area contributed by atoms with Crippen molar-refractivity contribution in [2.75, 3.05) is 5.32 Å². The van der Waals surface area contributed by atoms with Crippen molar-refractivity contribution in [3.63, 3.8) is 0 Å². The largest absolute Gasteiger partial charge is 0.326 e. The van der Waals surface area contributed by atoms with E-state index in [9.17, 15) is 9.18 Å². The van der Waals surface area contributed by atoms with E-state index < -0.39 is 6.04 Å². The Morgan fingerprint density at radius 2 is 2.10 bits per heavy atom. The first kappa shape index (κ1) is 13.3. The van der Waals surface area contributed by atoms with Gasteiger partial charge in [0.1, 0.15) is 5.82 Å². The second kappa shape index (κ2) is 5.00. The Labute approximate surface area is 124 Å². The van der Waals surface area contributed by atoms with E-state index in [4.69, 9.17) is 5.73 Å². The van der Waals surface area contributed by atoms with Crippen LogP contribution in [0.25, 0.3) is 0 Å². The van der Waals surface area contributed by atoms with Gasteiger partial charge in [0.15, 0.2) is 0 Å². The summed E-state index contributed by atoms with van der Waals surface area (Å²) in [7, 11) is 0. The van der Waals surface area contributed by atoms with Crippen LogP contribution in [0, 0.1) is 5.82 Å². The molecular formula is C15H12BrFN2O. The first-order valence-corrected chi connectivity index (χ1v) is 6.97. The van der Waals surface area contributed by atoms with Crippen LogP contribution < -0.4 is 11.1 Å². The molecule has 2 aromatic rings. The number of hydrogen-bond acceptors (Lipinski definition) is 2. The number of halogens is 2. The predicted molar refractivity (Wildman–Crippen MR) is 78.9 cm³/mol. The van der Waals surface area contributed by atoms with Crippen molar-refractivity contribution in [1.82, 2.24) is 0 Å². The van der Waals surface area contributed by atoms with Gasteiger partial charge in [0.05, 0.1) is 16.9 Å². The van der Waals surface area contributed by atoms with E-state index in [1.807, 2.05) is 18.2 Å². The zero-order valence-electron chi connectivity index (χ0n) is 10.5. The number of rotatable bonds is 2. The van der Waals surface area contributed by atoms with Gasteiger partial charge in [-0.25, -0.2) is 4.39 Å². The third kappa shape index (κ3) is 2.23. The number of amides is 1. The van der Waals surface area contributed by atoms with Crippen molar-refractivity contribution in [2.45, 2.75) is 12.5 Å². The van der Waals surface area contributed by atoms with Gasteiger partial charge in [0, 0.05) is 11.3 Å². The molecule has 0 spiro atoms. The summed E-state index contributed by atoms with van der Waals surface area (Å²) in [6.07, 6.45) is 0.344. The molecule has 20 heavy (non-hydrogen) atoms. The normalized spacial score (nSPS) is 14.8. The predicted octanol–water partition coefficient (Wildman–Crippen LogP) is 3.13. The third-order valence-corrected chi connectivity index (χ3v) is 4.04. The zero-order valence-corrected chi connectivity index (χ0v) is 12.1. The molecule has 0 saturated heterocycles. The summed E-state index contributed by atoms with van der Waals surface area (Å²) in [5.74, 6) is -0.381. The molecule has 1 unspecified atom stereocenters. The van der Waals surface area contributed by atoms with E-state index in [2.05, 4.69) is 21.2 Å². The summed E-state index contributed by atoms with van der Waals surface area (Å²) >= 11 is 3.16. The molecule has 0 bridgehead atoms. The van der Waals surface area contributed by atoms with Gasteiger partial charge in [-0.1, -0.05) is 24.3 Å². The van der Waals surface area contributed by atoms with Crippen molar-refractivity contribution in [3.05, 3.63) is 63.4 Å². The van der Waals surface area contributed by atoms with Crippen molar-refractivity contribution < 1.29 is 9.18 Å². The molecule has 0 radical (unpaired) electrons. The molecule has 3 nitrogen and oxygen atoms in total. The molecule has 1 amide bonds. The monoisotopic (exact) mass is 334 g/mol. The molecule has 0 saturated carbocycles. The quantitative estimate of drug-likeness (QED) is 0.886. The summed E-state index contributed by atoms with van der Waals surface area (Å²) < 4.78 is 14.5. The van der Waals surface area contributed by atoms with Crippen LogP contribution in [0.4, 0.5) is 10.1 Å². The minimum Gasteiger partial charge on any atom is -0.326 e. The molecule has 102 valence electrons. The van der Waals surface area contributed by atoms with E-state index >= 15 is 0 Å². The van der Waals surface area contributed by atoms with Crippen LogP contribution in [0.1, 0.15) is 22.7 Å². The van der Waals surface area contributed by atoms with Gasteiger partial charge in [-0.15, -0.1) is 0 Å². The lowest BCUT2D eigenvalue weighted by Crippen LogP contribution is -2.14. The average molecular weight is 335 g/mol. The maximum atomic E-state index is 14.1. The molecule has 1 atom stereocenters. The molecule has 2 aromatic carbocycles. The Morgan fingerprint density at radius 3 is 2.90 bits per heavy atom. The molecule has 0 aromatic heterocycles. The highest BCUT2D eigenvalue weighted by Crippen LogP contribution is 2.30. The highest BCUT2D eigenvalue weighted by Gasteiger charge is 2.21. The second-order valence-corrected chi connectivity index (χ2v) is 5.62. The fraction of sp³-hybridized carbons (Fsp3) is 0.133. The van der Waals surface area contributed by atoms with E-state index in [1.54, 1.807) is 18.2 Å². The highest BCUT2D eigenvalue weighted by atomic mass is 79.9. The van der Waals surface area contributed by atoms with E-state index in [-0.39, 0.29) is 11.7 Å². The number of anilines is 1. The maximum absolute atomic E-state index is 14.1. The number of nitrogens with one attached hydrogen (secondary N) is 1. The highest BCUT2D eigenvalue weighted by molar-refractivity contribution is 9.10. The number of carbonyl (C=O) groups excluding carboxylic acids is 1. The van der Waals surface area contributed by atoms with Gasteiger partial charge >= 0.3 is 0 Å². The number of hydrogen-bond donors (Lipinski definition) is 2. The van der Waals surface area contributed by atoms with Crippen LogP contribution >= 0.6 is 15.9 Å². The molecular weight excluding hydrogens is 323 g/mol. The van der Waals surface area contributed by atoms with Crippen molar-refractivity contribution in [2.24, 2.45) is 5.73 Å². The minimum absolute atomic E-state index is 0.0284. The average Bonchev–Trinajstić information content (AvgIpc) is 2.80. The summed E-state index contributed by atoms with van der Waals surface area (Å²) in [6.45, 7) is 0. The smallest absolute Gasteiger partial charge is 0.228 e. The minimum atomic E-state index is -0.562. The first-order chi connectivity index (χ1) is 9.56. The van der Waals surface area contributed by atoms with Gasteiger partial charge in [0.25, 0.3) is 0 Å². The Morgan fingerprint density at radius 1 is 1.30 bits per heavy atom. The number of benzene rings is 2. The maximum Gasteiger partial charge on any atom is 0.228 e. The molecule has 1 aliphatic rings. The number of nitrogens with two attached hydrogens (primary N) is 1. The molecule has 1 heterocycles. The van der Waals surface area contributed by atoms with Gasteiger partial charge in [-0.05, 0) is 39.2 Å². The number of carbonyl (C=O) groups is 1. The lowest BCUT2D eigenvalue weighted by molar-refractivity contribution is -0.115. The summed E-state index contributed by atoms with van der Waals surface area (Å²) in [6, 6.07) is 9.98. The Hall–Kier alpha value is -1.72. The first-order valence-electron chi connectivity index (χ1n) is 6.18. The molecule has 3 N–H and O–H groups in total. The van der Waals surface area contributed by atoms with E-state index in [1.165, 1.54) is 0 Å². The number of fused-ring (bicyclic) bond motifs is 1. The zero-order chi connectivity index (χ0) is 14.3. The molecule has 5 heteroatoms. The standard InChI is InChI=1S/C15H12BrFN2O/c16-11-3-1-2-10(14(11)17)15(18)8-4-5-12-9(6-8)7-13(20)19-12/h1-6,15H,7,18H2,(H,19,20). The van der Waals surface area contributed by atoms with Crippen molar-refractivity contribution >= 4 is 27.5 Å². The third-order valence-electron chi connectivity index (χ3n) is 3.43. The van der Waals surface area contributed by atoms with Crippen molar-refractivity contribution in [3.8, 4) is 0 Å².